The first-order valence-corrected chi connectivity index (χ1v) is 9.85. The SMILES string of the molecule is CC(C)CCC(C)NC(=O)CN(c1cccc(Cl)c1)S(C)(=O)=O. The molecule has 1 N–H and O–H groups in total. The number of sulfonamides is 1. The van der Waals surface area contributed by atoms with E-state index in [0.29, 0.717) is 16.6 Å². The van der Waals surface area contributed by atoms with Gasteiger partial charge in [-0.05, 0) is 43.9 Å². The van der Waals surface area contributed by atoms with Gasteiger partial charge in [-0.1, -0.05) is 31.5 Å². The fraction of sp³-hybridized carbons (Fsp3) is 0.562. The molecule has 0 saturated heterocycles. The second kappa shape index (κ2) is 8.55. The van der Waals surface area contributed by atoms with Crippen LogP contribution in [0.1, 0.15) is 33.6 Å². The van der Waals surface area contributed by atoms with Gasteiger partial charge in [-0.3, -0.25) is 9.10 Å². The highest BCUT2D eigenvalue weighted by molar-refractivity contribution is 7.92. The monoisotopic (exact) mass is 360 g/mol. The molecule has 1 rings (SSSR count). The summed E-state index contributed by atoms with van der Waals surface area (Å²) in [7, 11) is -3.58. The van der Waals surface area contributed by atoms with E-state index in [4.69, 9.17) is 11.6 Å². The normalized spacial score (nSPS) is 13.0. The van der Waals surface area contributed by atoms with Gasteiger partial charge < -0.3 is 5.32 Å². The molecule has 0 aliphatic rings. The predicted octanol–water partition coefficient (Wildman–Crippen LogP) is 3.05. The summed E-state index contributed by atoms with van der Waals surface area (Å²) >= 11 is 5.91. The number of anilines is 1. The van der Waals surface area contributed by atoms with Crippen molar-refractivity contribution in [1.82, 2.24) is 5.32 Å². The molecule has 1 amide bonds. The van der Waals surface area contributed by atoms with Crippen molar-refractivity contribution in [3.63, 3.8) is 0 Å². The van der Waals surface area contributed by atoms with Crippen molar-refractivity contribution in [1.29, 1.82) is 0 Å². The maximum atomic E-state index is 12.2. The molecule has 1 atom stereocenters. The van der Waals surface area contributed by atoms with Crippen LogP contribution in [0, 0.1) is 5.92 Å². The lowest BCUT2D eigenvalue weighted by Crippen LogP contribution is -2.43. The number of amides is 1. The number of hydrogen-bond acceptors (Lipinski definition) is 3. The number of carbonyl (C=O) groups is 1. The van der Waals surface area contributed by atoms with Gasteiger partial charge in [-0.25, -0.2) is 8.42 Å². The number of carbonyl (C=O) groups excluding carboxylic acids is 1. The zero-order valence-electron chi connectivity index (χ0n) is 14.0. The van der Waals surface area contributed by atoms with Crippen molar-refractivity contribution < 1.29 is 13.2 Å². The van der Waals surface area contributed by atoms with Gasteiger partial charge in [-0.15, -0.1) is 0 Å². The highest BCUT2D eigenvalue weighted by Gasteiger charge is 2.21. The summed E-state index contributed by atoms with van der Waals surface area (Å²) in [6.45, 7) is 5.91. The van der Waals surface area contributed by atoms with Crippen LogP contribution in [0.2, 0.25) is 5.02 Å². The third kappa shape index (κ3) is 7.22. The van der Waals surface area contributed by atoms with Crippen LogP contribution < -0.4 is 9.62 Å². The Labute approximate surface area is 144 Å². The largest absolute Gasteiger partial charge is 0.352 e. The average Bonchev–Trinajstić information content (AvgIpc) is 2.41. The highest BCUT2D eigenvalue weighted by Crippen LogP contribution is 2.21. The third-order valence-electron chi connectivity index (χ3n) is 3.37. The van der Waals surface area contributed by atoms with Crippen LogP contribution in [0.4, 0.5) is 5.69 Å². The minimum absolute atomic E-state index is 0.00525. The molecule has 23 heavy (non-hydrogen) atoms. The van der Waals surface area contributed by atoms with E-state index in [1.54, 1.807) is 18.2 Å². The van der Waals surface area contributed by atoms with Crippen molar-refractivity contribution in [2.45, 2.75) is 39.7 Å². The van der Waals surface area contributed by atoms with Crippen molar-refractivity contribution in [3.05, 3.63) is 29.3 Å². The molecule has 5 nitrogen and oxygen atoms in total. The van der Waals surface area contributed by atoms with Gasteiger partial charge in [0.05, 0.1) is 11.9 Å². The first-order chi connectivity index (χ1) is 10.6. The molecule has 0 radical (unpaired) electrons. The summed E-state index contributed by atoms with van der Waals surface area (Å²) in [4.78, 5) is 12.2. The van der Waals surface area contributed by atoms with Crippen LogP contribution >= 0.6 is 11.6 Å². The zero-order chi connectivity index (χ0) is 17.6. The number of rotatable bonds is 8. The molecule has 1 aromatic carbocycles. The Hall–Kier alpha value is -1.27. The van der Waals surface area contributed by atoms with Gasteiger partial charge in [0.25, 0.3) is 0 Å². The molecule has 0 saturated carbocycles. The third-order valence-corrected chi connectivity index (χ3v) is 4.74. The van der Waals surface area contributed by atoms with Crippen molar-refractivity contribution in [2.24, 2.45) is 5.92 Å². The molecular weight excluding hydrogens is 336 g/mol. The van der Waals surface area contributed by atoms with E-state index in [2.05, 4.69) is 19.2 Å². The molecule has 0 spiro atoms. The van der Waals surface area contributed by atoms with Gasteiger partial charge in [0.15, 0.2) is 0 Å². The molecule has 0 heterocycles. The van der Waals surface area contributed by atoms with E-state index < -0.39 is 10.0 Å². The van der Waals surface area contributed by atoms with Crippen LogP contribution in [0.15, 0.2) is 24.3 Å². The average molecular weight is 361 g/mol. The second-order valence-electron chi connectivity index (χ2n) is 6.19. The van der Waals surface area contributed by atoms with Crippen molar-refractivity contribution in [3.8, 4) is 0 Å². The van der Waals surface area contributed by atoms with E-state index in [-0.39, 0.29) is 18.5 Å². The molecule has 0 aliphatic heterocycles. The molecule has 7 heteroatoms. The Morgan fingerprint density at radius 3 is 2.43 bits per heavy atom. The molecule has 0 fully saturated rings. The van der Waals surface area contributed by atoms with E-state index in [0.717, 1.165) is 23.4 Å². The Morgan fingerprint density at radius 1 is 1.26 bits per heavy atom. The summed E-state index contributed by atoms with van der Waals surface area (Å²) in [5.41, 5.74) is 0.380. The summed E-state index contributed by atoms with van der Waals surface area (Å²) in [5, 5.41) is 3.26. The first-order valence-electron chi connectivity index (χ1n) is 7.62. The molecule has 0 aliphatic carbocycles. The Balaban J connectivity index is 2.77. The Kier molecular flexibility index (Phi) is 7.35. The summed E-state index contributed by atoms with van der Waals surface area (Å²) in [6.07, 6.45) is 2.94. The van der Waals surface area contributed by atoms with Crippen molar-refractivity contribution >= 4 is 33.2 Å². The minimum atomic E-state index is -3.58. The molecule has 1 aromatic rings. The van der Waals surface area contributed by atoms with Crippen LogP contribution in [-0.2, 0) is 14.8 Å². The van der Waals surface area contributed by atoms with Crippen LogP contribution in [0.5, 0.6) is 0 Å². The molecule has 1 unspecified atom stereocenters. The zero-order valence-corrected chi connectivity index (χ0v) is 15.6. The minimum Gasteiger partial charge on any atom is -0.352 e. The van der Waals surface area contributed by atoms with Crippen LogP contribution in [0.25, 0.3) is 0 Å². The van der Waals surface area contributed by atoms with E-state index in [1.807, 2.05) is 6.92 Å². The summed E-state index contributed by atoms with van der Waals surface area (Å²) in [5.74, 6) is 0.236. The Morgan fingerprint density at radius 2 is 1.91 bits per heavy atom. The Bertz CT molecular complexity index is 632. The maximum absolute atomic E-state index is 12.2. The van der Waals surface area contributed by atoms with Crippen LogP contribution in [0.3, 0.4) is 0 Å². The summed E-state index contributed by atoms with van der Waals surface area (Å²) in [6, 6.07) is 6.45. The number of nitrogens with zero attached hydrogens (tertiary/aromatic N) is 1. The van der Waals surface area contributed by atoms with Crippen molar-refractivity contribution in [2.75, 3.05) is 17.1 Å². The number of benzene rings is 1. The predicted molar refractivity (Wildman–Crippen MR) is 95.3 cm³/mol. The lowest BCUT2D eigenvalue weighted by Gasteiger charge is -2.23. The fourth-order valence-electron chi connectivity index (χ4n) is 2.14. The highest BCUT2D eigenvalue weighted by atomic mass is 35.5. The lowest BCUT2D eigenvalue weighted by molar-refractivity contribution is -0.120. The van der Waals surface area contributed by atoms with Gasteiger partial charge in [0.1, 0.15) is 6.54 Å². The van der Waals surface area contributed by atoms with E-state index in [9.17, 15) is 13.2 Å². The summed E-state index contributed by atoms with van der Waals surface area (Å²) < 4.78 is 25.0. The lowest BCUT2D eigenvalue weighted by atomic mass is 10.0. The van der Waals surface area contributed by atoms with E-state index in [1.165, 1.54) is 6.07 Å². The molecule has 0 bridgehead atoms. The van der Waals surface area contributed by atoms with Gasteiger partial charge in [0, 0.05) is 11.1 Å². The standard InChI is InChI=1S/C16H25ClN2O3S/c1-12(2)8-9-13(3)18-16(20)11-19(23(4,21)22)15-7-5-6-14(17)10-15/h5-7,10,12-13H,8-9,11H2,1-4H3,(H,18,20). The topological polar surface area (TPSA) is 66.5 Å². The van der Waals surface area contributed by atoms with Gasteiger partial charge in [-0.2, -0.15) is 0 Å². The smallest absolute Gasteiger partial charge is 0.240 e. The van der Waals surface area contributed by atoms with E-state index >= 15 is 0 Å². The van der Waals surface area contributed by atoms with Gasteiger partial charge in [0.2, 0.25) is 15.9 Å². The number of nitrogens with one attached hydrogen (secondary N) is 1. The number of halogens is 1. The fourth-order valence-corrected chi connectivity index (χ4v) is 3.17. The second-order valence-corrected chi connectivity index (χ2v) is 8.53. The van der Waals surface area contributed by atoms with Crippen LogP contribution in [-0.4, -0.2) is 33.2 Å². The molecule has 130 valence electrons. The first kappa shape index (κ1) is 19.8. The maximum Gasteiger partial charge on any atom is 0.240 e. The number of hydrogen-bond donors (Lipinski definition) is 1. The molecular formula is C16H25ClN2O3S. The quantitative estimate of drug-likeness (QED) is 0.774. The van der Waals surface area contributed by atoms with Gasteiger partial charge >= 0.3 is 0 Å². The molecule has 0 aromatic heterocycles.